The molecule has 22 heavy (non-hydrogen) atoms. The summed E-state index contributed by atoms with van der Waals surface area (Å²) in [6.07, 6.45) is 6.99. The number of carbonyl (C=O) groups excluding carboxylic acids is 1. The number of halogens is 1. The van der Waals surface area contributed by atoms with E-state index in [2.05, 4.69) is 52.3 Å². The first-order chi connectivity index (χ1) is 10.8. The van der Waals surface area contributed by atoms with Gasteiger partial charge in [0.25, 0.3) is 0 Å². The Bertz CT molecular complexity index is 873. The number of rotatable bonds is 1. The van der Waals surface area contributed by atoms with Crippen molar-refractivity contribution < 1.29 is 4.79 Å². The molecule has 106 valence electrons. The topological polar surface area (TPSA) is 17.1 Å². The van der Waals surface area contributed by atoms with Crippen molar-refractivity contribution in [2.24, 2.45) is 0 Å². The molecule has 2 aliphatic rings. The fourth-order valence-electron chi connectivity index (χ4n) is 3.00. The summed E-state index contributed by atoms with van der Waals surface area (Å²) in [5.74, 6) is 0.172. The predicted molar refractivity (Wildman–Crippen MR) is 97.9 cm³/mol. The number of Topliss-reactive ketones (excluding diaryl/α,β-unsaturated/α-hetero) is 1. The minimum atomic E-state index is -0.624. The minimum Gasteiger partial charge on any atom is -0.288 e. The maximum Gasteiger partial charge on any atom is 0.201 e. The second kappa shape index (κ2) is 5.46. The molecule has 0 radical (unpaired) electrons. The third kappa shape index (κ3) is 2.15. The molecular formula is C19H13BrOP+. The third-order valence-electron chi connectivity index (χ3n) is 4.01. The van der Waals surface area contributed by atoms with E-state index in [4.69, 9.17) is 0 Å². The number of hydrogen-bond donors (Lipinski definition) is 0. The number of fused-ring (bicyclic) bond motifs is 2. The lowest BCUT2D eigenvalue weighted by atomic mass is 9.95. The van der Waals surface area contributed by atoms with E-state index in [0.717, 1.165) is 22.0 Å². The molecule has 2 aromatic rings. The standard InChI is InChI=1S/C19H13BrOP/c20-13-9-11-14(12-10-13)22-17-7-3-1-5-15(17)19(21)16-6-2-4-8-18(16)22/h1-7,9-12H,8H2/q+1. The van der Waals surface area contributed by atoms with Crippen LogP contribution in [0.4, 0.5) is 0 Å². The van der Waals surface area contributed by atoms with Gasteiger partial charge in [0.1, 0.15) is 5.29 Å². The fourth-order valence-corrected chi connectivity index (χ4v) is 5.95. The van der Waals surface area contributed by atoms with Crippen molar-refractivity contribution in [1.82, 2.24) is 0 Å². The first kappa shape index (κ1) is 13.9. The predicted octanol–water partition coefficient (Wildman–Crippen LogP) is 4.14. The molecular weight excluding hydrogens is 355 g/mol. The van der Waals surface area contributed by atoms with Crippen LogP contribution in [0, 0.1) is 0 Å². The molecule has 1 atom stereocenters. The van der Waals surface area contributed by atoms with Gasteiger partial charge in [0, 0.05) is 10.9 Å². The molecule has 0 bridgehead atoms. The molecule has 0 N–H and O–H groups in total. The van der Waals surface area contributed by atoms with Gasteiger partial charge >= 0.3 is 0 Å². The van der Waals surface area contributed by atoms with E-state index < -0.39 is 7.55 Å². The first-order valence-electron chi connectivity index (χ1n) is 7.18. The monoisotopic (exact) mass is 367 g/mol. The van der Waals surface area contributed by atoms with E-state index in [1.165, 1.54) is 15.9 Å². The summed E-state index contributed by atoms with van der Waals surface area (Å²) >= 11 is 3.50. The second-order valence-corrected chi connectivity index (χ2v) is 8.44. The van der Waals surface area contributed by atoms with Crippen molar-refractivity contribution in [2.45, 2.75) is 6.42 Å². The average molecular weight is 368 g/mol. The van der Waals surface area contributed by atoms with E-state index >= 15 is 0 Å². The first-order valence-corrected chi connectivity index (χ1v) is 9.31. The van der Waals surface area contributed by atoms with Gasteiger partial charge in [-0.3, -0.25) is 4.79 Å². The van der Waals surface area contributed by atoms with Crippen molar-refractivity contribution in [1.29, 1.82) is 0 Å². The molecule has 1 aliphatic heterocycles. The van der Waals surface area contributed by atoms with Gasteiger partial charge in [-0.1, -0.05) is 40.2 Å². The van der Waals surface area contributed by atoms with Gasteiger partial charge in [-0.2, -0.15) is 0 Å². The summed E-state index contributed by atoms with van der Waals surface area (Å²) in [5, 5.41) is 3.77. The fraction of sp³-hybridized carbons (Fsp3) is 0.0526. The van der Waals surface area contributed by atoms with Gasteiger partial charge in [0.05, 0.1) is 11.1 Å². The zero-order chi connectivity index (χ0) is 15.1. The van der Waals surface area contributed by atoms with Crippen LogP contribution in [-0.4, -0.2) is 11.1 Å². The molecule has 0 amide bonds. The summed E-state index contributed by atoms with van der Waals surface area (Å²) in [6.45, 7) is 0. The van der Waals surface area contributed by atoms with E-state index in [0.29, 0.717) is 0 Å². The van der Waals surface area contributed by atoms with E-state index in [-0.39, 0.29) is 5.78 Å². The van der Waals surface area contributed by atoms with Gasteiger partial charge < -0.3 is 0 Å². The lowest BCUT2D eigenvalue weighted by Crippen LogP contribution is -2.29. The Morgan fingerprint density at radius 3 is 2.59 bits per heavy atom. The Hall–Kier alpha value is -1.76. The zero-order valence-electron chi connectivity index (χ0n) is 11.8. The van der Waals surface area contributed by atoms with Crippen molar-refractivity contribution in [3.8, 4) is 0 Å². The Labute approximate surface area is 138 Å². The van der Waals surface area contributed by atoms with Crippen molar-refractivity contribution >= 4 is 45.2 Å². The largest absolute Gasteiger partial charge is 0.288 e. The molecule has 0 saturated heterocycles. The van der Waals surface area contributed by atoms with Gasteiger partial charge in [0.15, 0.2) is 18.2 Å². The molecule has 1 nitrogen and oxygen atoms in total. The van der Waals surface area contributed by atoms with E-state index in [1.807, 2.05) is 30.4 Å². The quantitative estimate of drug-likeness (QED) is 0.692. The summed E-state index contributed by atoms with van der Waals surface area (Å²) in [5.41, 5.74) is 1.76. The summed E-state index contributed by atoms with van der Waals surface area (Å²) in [7, 11) is -0.624. The molecule has 1 aliphatic carbocycles. The highest BCUT2D eigenvalue weighted by atomic mass is 79.9. The second-order valence-electron chi connectivity index (χ2n) is 5.32. The van der Waals surface area contributed by atoms with Crippen molar-refractivity contribution in [2.75, 3.05) is 0 Å². The van der Waals surface area contributed by atoms with Crippen molar-refractivity contribution in [3.63, 3.8) is 0 Å². The highest BCUT2D eigenvalue weighted by Crippen LogP contribution is 2.37. The number of benzene rings is 2. The van der Waals surface area contributed by atoms with Crippen LogP contribution < -0.4 is 10.6 Å². The Morgan fingerprint density at radius 1 is 1.00 bits per heavy atom. The zero-order valence-corrected chi connectivity index (χ0v) is 14.3. The molecule has 1 unspecified atom stereocenters. The van der Waals surface area contributed by atoms with Gasteiger partial charge in [-0.05, 0) is 42.5 Å². The molecule has 1 heterocycles. The van der Waals surface area contributed by atoms with Crippen LogP contribution in [0.2, 0.25) is 0 Å². The van der Waals surface area contributed by atoms with Crippen molar-refractivity contribution in [3.05, 3.63) is 82.4 Å². The van der Waals surface area contributed by atoms with Crippen LogP contribution in [0.15, 0.2) is 76.8 Å². The molecule has 3 heteroatoms. The molecule has 2 aromatic carbocycles. The molecule has 0 spiro atoms. The van der Waals surface area contributed by atoms with E-state index in [9.17, 15) is 4.79 Å². The van der Waals surface area contributed by atoms with Gasteiger partial charge in [0.2, 0.25) is 5.78 Å². The number of ketones is 1. The minimum absolute atomic E-state index is 0.172. The summed E-state index contributed by atoms with van der Waals surface area (Å²) < 4.78 is 1.08. The normalized spacial score (nSPS) is 17.9. The van der Waals surface area contributed by atoms with Gasteiger partial charge in [-0.15, -0.1) is 0 Å². The smallest absolute Gasteiger partial charge is 0.201 e. The highest BCUT2D eigenvalue weighted by molar-refractivity contribution is 9.10. The van der Waals surface area contributed by atoms with Crippen LogP contribution in [0.1, 0.15) is 16.8 Å². The van der Waals surface area contributed by atoms with E-state index in [1.54, 1.807) is 0 Å². The Morgan fingerprint density at radius 2 is 1.77 bits per heavy atom. The highest BCUT2D eigenvalue weighted by Gasteiger charge is 2.39. The van der Waals surface area contributed by atoms with Gasteiger partial charge in [-0.25, -0.2) is 0 Å². The summed E-state index contributed by atoms with van der Waals surface area (Å²) in [4.78, 5) is 12.8. The third-order valence-corrected chi connectivity index (χ3v) is 7.19. The van der Waals surface area contributed by atoms with Crippen LogP contribution in [0.3, 0.4) is 0 Å². The lowest BCUT2D eigenvalue weighted by Gasteiger charge is -2.17. The maximum absolute atomic E-state index is 12.8. The summed E-state index contributed by atoms with van der Waals surface area (Å²) in [6, 6.07) is 16.6. The molecule has 4 rings (SSSR count). The molecule has 0 saturated carbocycles. The SMILES string of the molecule is O=C1C2=CC=CCC2=[P+](c2ccc(Br)cc2)c2ccccc21. The van der Waals surface area contributed by atoms with Crippen LogP contribution in [0.5, 0.6) is 0 Å². The Kier molecular flexibility index (Phi) is 3.44. The lowest BCUT2D eigenvalue weighted by molar-refractivity contribution is 0.104. The average Bonchev–Trinajstić information content (AvgIpc) is 2.57. The van der Waals surface area contributed by atoms with Crippen LogP contribution >= 0.6 is 23.5 Å². The molecule has 0 fully saturated rings. The number of allylic oxidation sites excluding steroid dienone is 4. The Balaban J connectivity index is 2.04. The van der Waals surface area contributed by atoms with Crippen LogP contribution in [-0.2, 0) is 0 Å². The van der Waals surface area contributed by atoms with Crippen LogP contribution in [0.25, 0.3) is 0 Å². The maximum atomic E-state index is 12.8. The number of carbonyl (C=O) groups is 1. The number of hydrogen-bond acceptors (Lipinski definition) is 1. The molecule has 0 aromatic heterocycles.